The second-order valence-electron chi connectivity index (χ2n) is 4.99. The van der Waals surface area contributed by atoms with E-state index in [1.807, 2.05) is 0 Å². The number of aromatic nitrogens is 3. The Balaban J connectivity index is 2.07. The minimum absolute atomic E-state index is 0.266. The predicted octanol–water partition coefficient (Wildman–Crippen LogP) is -2.60. The SMILES string of the molecule is C#C[C@@]1(C2C=Cc3c(N)ncn[n+]32)O[C@H](CO)[C@@H](O)[C@H]1O. The Morgan fingerprint density at radius 3 is 2.90 bits per heavy atom. The highest BCUT2D eigenvalue weighted by molar-refractivity contribution is 5.56. The molecule has 1 unspecified atom stereocenters. The Morgan fingerprint density at radius 1 is 1.52 bits per heavy atom. The zero-order valence-electron chi connectivity index (χ0n) is 11.0. The third-order valence-electron chi connectivity index (χ3n) is 3.92. The molecule has 2 aliphatic heterocycles. The Hall–Kier alpha value is -2.05. The van der Waals surface area contributed by atoms with Crippen LogP contribution in [-0.2, 0) is 4.74 Å². The first-order chi connectivity index (χ1) is 10.0. The van der Waals surface area contributed by atoms with Gasteiger partial charge in [-0.05, 0) is 6.08 Å². The lowest BCUT2D eigenvalue weighted by atomic mass is 9.88. The number of aliphatic hydroxyl groups excluding tert-OH is 3. The van der Waals surface area contributed by atoms with E-state index in [1.165, 1.54) is 11.0 Å². The summed E-state index contributed by atoms with van der Waals surface area (Å²) in [5, 5.41) is 33.6. The smallest absolute Gasteiger partial charge is 0.274 e. The van der Waals surface area contributed by atoms with E-state index >= 15 is 0 Å². The summed E-state index contributed by atoms with van der Waals surface area (Å²) in [4.78, 5) is 3.88. The number of nitrogen functional groups attached to an aromatic ring is 1. The maximum atomic E-state index is 10.3. The fraction of sp³-hybridized carbons (Fsp3) is 0.462. The van der Waals surface area contributed by atoms with Gasteiger partial charge >= 0.3 is 0 Å². The number of fused-ring (bicyclic) bond motifs is 1. The van der Waals surface area contributed by atoms with Crippen LogP contribution in [-0.4, -0.2) is 55.9 Å². The van der Waals surface area contributed by atoms with Crippen LogP contribution < -0.4 is 10.4 Å². The van der Waals surface area contributed by atoms with Crippen molar-refractivity contribution < 1.29 is 24.7 Å². The number of ether oxygens (including phenoxy) is 1. The standard InChI is InChI=1S/C13H15N4O4/c1-2-13(11(20)10(19)8(5-18)21-13)9-4-3-7-12(14)15-6-16-17(7)9/h1,3-4,6,8-11,18-20H,5H2,(H2,14,15,16)/q+1/t8-,9?,10-,11-,13+/m1/s1. The van der Waals surface area contributed by atoms with Gasteiger partial charge in [-0.1, -0.05) is 10.6 Å². The van der Waals surface area contributed by atoms with E-state index < -0.39 is 36.6 Å². The van der Waals surface area contributed by atoms with Crippen molar-refractivity contribution >= 4 is 11.9 Å². The van der Waals surface area contributed by atoms with Crippen molar-refractivity contribution in [2.75, 3.05) is 12.3 Å². The average Bonchev–Trinajstić information content (AvgIpc) is 3.03. The molecule has 5 N–H and O–H groups in total. The zero-order valence-corrected chi connectivity index (χ0v) is 11.0. The van der Waals surface area contributed by atoms with Gasteiger partial charge in [0.15, 0.2) is 6.33 Å². The predicted molar refractivity (Wildman–Crippen MR) is 70.2 cm³/mol. The van der Waals surface area contributed by atoms with Crippen molar-refractivity contribution in [3.8, 4) is 12.3 Å². The number of rotatable bonds is 2. The fourth-order valence-corrected chi connectivity index (χ4v) is 2.80. The van der Waals surface area contributed by atoms with Crippen LogP contribution >= 0.6 is 0 Å². The molecule has 0 spiro atoms. The molecule has 5 atom stereocenters. The van der Waals surface area contributed by atoms with Crippen molar-refractivity contribution in [3.63, 3.8) is 0 Å². The number of aliphatic hydroxyl groups is 3. The zero-order chi connectivity index (χ0) is 15.2. The second kappa shape index (κ2) is 4.75. The molecule has 21 heavy (non-hydrogen) atoms. The monoisotopic (exact) mass is 291 g/mol. The van der Waals surface area contributed by atoms with Gasteiger partial charge in [0.25, 0.3) is 5.69 Å². The maximum absolute atomic E-state index is 10.3. The Kier molecular flexibility index (Phi) is 3.15. The first kappa shape index (κ1) is 13.9. The third kappa shape index (κ3) is 1.76. The summed E-state index contributed by atoms with van der Waals surface area (Å²) in [6.45, 7) is -0.457. The number of terminal acetylenes is 1. The molecule has 1 aromatic heterocycles. The van der Waals surface area contributed by atoms with E-state index in [0.717, 1.165) is 0 Å². The topological polar surface area (TPSA) is 126 Å². The van der Waals surface area contributed by atoms with Gasteiger partial charge < -0.3 is 25.8 Å². The minimum Gasteiger partial charge on any atom is -0.394 e. The lowest BCUT2D eigenvalue weighted by molar-refractivity contribution is -0.775. The molecule has 0 radical (unpaired) electrons. The normalized spacial score (nSPS) is 37.4. The minimum atomic E-state index is -1.54. The van der Waals surface area contributed by atoms with Gasteiger partial charge in [0.05, 0.1) is 6.61 Å². The van der Waals surface area contributed by atoms with Gasteiger partial charge in [-0.15, -0.1) is 6.42 Å². The number of hydrogen-bond donors (Lipinski definition) is 4. The molecule has 0 saturated carbocycles. The molecule has 0 aliphatic carbocycles. The van der Waals surface area contributed by atoms with Crippen LogP contribution in [0.5, 0.6) is 0 Å². The second-order valence-corrected chi connectivity index (χ2v) is 4.99. The number of hydrogen-bond acceptors (Lipinski definition) is 7. The Bertz CT molecular complexity index is 644. The highest BCUT2D eigenvalue weighted by Gasteiger charge is 2.62. The lowest BCUT2D eigenvalue weighted by Crippen LogP contribution is -2.58. The molecule has 1 fully saturated rings. The van der Waals surface area contributed by atoms with Crippen LogP contribution in [0.1, 0.15) is 11.7 Å². The van der Waals surface area contributed by atoms with Gasteiger partial charge in [0.1, 0.15) is 18.3 Å². The average molecular weight is 291 g/mol. The summed E-state index contributed by atoms with van der Waals surface area (Å²) in [7, 11) is 0. The van der Waals surface area contributed by atoms with E-state index in [4.69, 9.17) is 16.9 Å². The largest absolute Gasteiger partial charge is 0.394 e. The first-order valence-corrected chi connectivity index (χ1v) is 6.38. The number of nitrogens with two attached hydrogens (primary N) is 1. The molecule has 3 rings (SSSR count). The molecule has 1 aromatic rings. The van der Waals surface area contributed by atoms with Crippen molar-refractivity contribution in [2.45, 2.75) is 30.0 Å². The number of nitrogens with zero attached hydrogens (tertiary/aromatic N) is 3. The van der Waals surface area contributed by atoms with E-state index in [9.17, 15) is 15.3 Å². The van der Waals surface area contributed by atoms with Crippen LogP contribution in [0.15, 0.2) is 12.4 Å². The highest BCUT2D eigenvalue weighted by Crippen LogP contribution is 2.39. The van der Waals surface area contributed by atoms with Gasteiger partial charge in [-0.25, -0.2) is 4.98 Å². The summed E-state index contributed by atoms with van der Waals surface area (Å²) in [6, 6.07) is -0.663. The Morgan fingerprint density at radius 2 is 2.29 bits per heavy atom. The molecule has 0 amide bonds. The molecule has 0 aromatic carbocycles. The van der Waals surface area contributed by atoms with Crippen molar-refractivity contribution in [2.24, 2.45) is 0 Å². The quantitative estimate of drug-likeness (QED) is 0.348. The van der Waals surface area contributed by atoms with Crippen molar-refractivity contribution in [3.05, 3.63) is 18.1 Å². The van der Waals surface area contributed by atoms with Gasteiger partial charge in [0, 0.05) is 11.2 Å². The molecule has 3 heterocycles. The fourth-order valence-electron chi connectivity index (χ4n) is 2.80. The van der Waals surface area contributed by atoms with Crippen LogP contribution in [0, 0.1) is 12.3 Å². The summed E-state index contributed by atoms with van der Waals surface area (Å²) in [5.41, 5.74) is 4.76. The van der Waals surface area contributed by atoms with Crippen LogP contribution in [0.3, 0.4) is 0 Å². The maximum Gasteiger partial charge on any atom is 0.274 e. The summed E-state index contributed by atoms with van der Waals surface area (Å²) in [6.07, 6.45) is 6.56. The van der Waals surface area contributed by atoms with Crippen molar-refractivity contribution in [1.29, 1.82) is 0 Å². The molecule has 1 saturated heterocycles. The highest BCUT2D eigenvalue weighted by atomic mass is 16.6. The first-order valence-electron chi connectivity index (χ1n) is 6.38. The summed E-state index contributed by atoms with van der Waals surface area (Å²) < 4.78 is 7.08. The van der Waals surface area contributed by atoms with E-state index in [1.54, 1.807) is 12.2 Å². The molecular weight excluding hydrogens is 276 g/mol. The lowest BCUT2D eigenvalue weighted by Gasteiger charge is -2.27. The van der Waals surface area contributed by atoms with Crippen LogP contribution in [0.2, 0.25) is 0 Å². The molecule has 8 nitrogen and oxygen atoms in total. The van der Waals surface area contributed by atoms with Gasteiger partial charge in [-0.3, -0.25) is 0 Å². The van der Waals surface area contributed by atoms with E-state index in [-0.39, 0.29) is 5.82 Å². The summed E-state index contributed by atoms with van der Waals surface area (Å²) in [5.74, 6) is 2.67. The molecule has 8 heteroatoms. The molecular formula is C13H15N4O4+. The van der Waals surface area contributed by atoms with Gasteiger partial charge in [0.2, 0.25) is 17.5 Å². The Labute approximate surface area is 120 Å². The number of anilines is 1. The van der Waals surface area contributed by atoms with Crippen LogP contribution in [0.25, 0.3) is 6.08 Å². The van der Waals surface area contributed by atoms with Crippen molar-refractivity contribution in [1.82, 2.24) is 10.1 Å². The molecule has 110 valence electrons. The van der Waals surface area contributed by atoms with Gasteiger partial charge in [-0.2, -0.15) is 0 Å². The third-order valence-corrected chi connectivity index (χ3v) is 3.92. The van der Waals surface area contributed by atoms with E-state index in [0.29, 0.717) is 5.69 Å². The van der Waals surface area contributed by atoms with E-state index in [2.05, 4.69) is 16.0 Å². The molecule has 0 bridgehead atoms. The van der Waals surface area contributed by atoms with Crippen LogP contribution in [0.4, 0.5) is 5.82 Å². The summed E-state index contributed by atoms with van der Waals surface area (Å²) >= 11 is 0. The molecule has 2 aliphatic rings.